The summed E-state index contributed by atoms with van der Waals surface area (Å²) in [5.74, 6) is 0. The molecule has 0 N–H and O–H groups in total. The Labute approximate surface area is 117 Å². The number of rotatable bonds is 2. The molecular formula is C18H12S. The van der Waals surface area contributed by atoms with Gasteiger partial charge in [-0.1, -0.05) is 66.4 Å². The lowest BCUT2D eigenvalue weighted by atomic mass is 9.81. The lowest BCUT2D eigenvalue weighted by molar-refractivity contribution is 1.37. The standard InChI is InChI=1S/C18H12S/c1-2-7-13(8-3-1)19-17-12-6-11-16-14-9-4-5-10-15(14)18(16)17/h1-12H. The van der Waals surface area contributed by atoms with E-state index in [1.165, 1.54) is 32.0 Å². The largest absolute Gasteiger partial charge is 0.0894 e. The average molecular weight is 260 g/mol. The predicted molar refractivity (Wildman–Crippen MR) is 81.4 cm³/mol. The molecule has 0 bridgehead atoms. The molecule has 0 unspecified atom stereocenters. The molecule has 19 heavy (non-hydrogen) atoms. The van der Waals surface area contributed by atoms with Gasteiger partial charge in [-0.25, -0.2) is 0 Å². The summed E-state index contributed by atoms with van der Waals surface area (Å²) in [5, 5.41) is 0. The van der Waals surface area contributed by atoms with Crippen LogP contribution in [0.5, 0.6) is 0 Å². The van der Waals surface area contributed by atoms with Gasteiger partial charge in [-0.3, -0.25) is 0 Å². The van der Waals surface area contributed by atoms with Crippen molar-refractivity contribution in [2.45, 2.75) is 9.79 Å². The molecule has 0 aliphatic heterocycles. The highest BCUT2D eigenvalue weighted by Crippen LogP contribution is 2.51. The van der Waals surface area contributed by atoms with Crippen LogP contribution < -0.4 is 0 Å². The molecular weight excluding hydrogens is 248 g/mol. The third kappa shape index (κ3) is 1.70. The quantitative estimate of drug-likeness (QED) is 0.459. The minimum Gasteiger partial charge on any atom is -0.0894 e. The Morgan fingerprint density at radius 1 is 0.526 bits per heavy atom. The van der Waals surface area contributed by atoms with Gasteiger partial charge in [-0.15, -0.1) is 0 Å². The molecule has 0 amide bonds. The van der Waals surface area contributed by atoms with Gasteiger partial charge in [0.1, 0.15) is 0 Å². The SMILES string of the molecule is c1ccc(Sc2cccc3c2-c2ccccc2-3)cc1. The van der Waals surface area contributed by atoms with Gasteiger partial charge in [0.2, 0.25) is 0 Å². The lowest BCUT2D eigenvalue weighted by Gasteiger charge is -2.26. The summed E-state index contributed by atoms with van der Waals surface area (Å²) in [5.41, 5.74) is 5.56. The molecule has 1 aliphatic rings. The summed E-state index contributed by atoms with van der Waals surface area (Å²) in [6.07, 6.45) is 0. The zero-order chi connectivity index (χ0) is 12.7. The predicted octanol–water partition coefficient (Wildman–Crippen LogP) is 5.49. The average Bonchev–Trinajstić information content (AvgIpc) is 2.45. The molecule has 0 saturated heterocycles. The maximum absolute atomic E-state index is 2.22. The second-order valence-corrected chi connectivity index (χ2v) is 5.75. The smallest absolute Gasteiger partial charge is 0.0207 e. The van der Waals surface area contributed by atoms with Crippen LogP contribution in [-0.2, 0) is 0 Å². The highest BCUT2D eigenvalue weighted by atomic mass is 32.2. The van der Waals surface area contributed by atoms with Crippen LogP contribution in [0.2, 0.25) is 0 Å². The number of hydrogen-bond donors (Lipinski definition) is 0. The number of hydrogen-bond acceptors (Lipinski definition) is 1. The van der Waals surface area contributed by atoms with Crippen molar-refractivity contribution in [3.8, 4) is 22.3 Å². The maximum Gasteiger partial charge on any atom is 0.0207 e. The van der Waals surface area contributed by atoms with E-state index in [1.807, 2.05) is 11.8 Å². The van der Waals surface area contributed by atoms with Crippen molar-refractivity contribution in [2.75, 3.05) is 0 Å². The van der Waals surface area contributed by atoms with E-state index in [2.05, 4.69) is 72.8 Å². The van der Waals surface area contributed by atoms with Crippen LogP contribution in [0.15, 0.2) is 82.6 Å². The van der Waals surface area contributed by atoms with Crippen LogP contribution in [-0.4, -0.2) is 0 Å². The molecule has 90 valence electrons. The number of benzene rings is 3. The van der Waals surface area contributed by atoms with Gasteiger partial charge in [0.05, 0.1) is 0 Å². The second kappa shape index (κ2) is 4.29. The van der Waals surface area contributed by atoms with Gasteiger partial charge in [0.25, 0.3) is 0 Å². The zero-order valence-corrected chi connectivity index (χ0v) is 11.2. The van der Waals surface area contributed by atoms with Crippen LogP contribution in [0.3, 0.4) is 0 Å². The minimum absolute atomic E-state index is 1.29. The third-order valence-corrected chi connectivity index (χ3v) is 4.55. The Balaban J connectivity index is 1.79. The molecule has 4 rings (SSSR count). The fourth-order valence-electron chi connectivity index (χ4n) is 2.61. The van der Waals surface area contributed by atoms with Crippen molar-refractivity contribution in [1.29, 1.82) is 0 Å². The molecule has 1 heteroatoms. The van der Waals surface area contributed by atoms with Crippen LogP contribution >= 0.6 is 11.8 Å². The summed E-state index contributed by atoms with van der Waals surface area (Å²) < 4.78 is 0. The lowest BCUT2D eigenvalue weighted by Crippen LogP contribution is -1.99. The molecule has 0 heterocycles. The molecule has 3 aromatic carbocycles. The van der Waals surface area contributed by atoms with Gasteiger partial charge in [0.15, 0.2) is 0 Å². The summed E-state index contributed by atoms with van der Waals surface area (Å²) >= 11 is 1.84. The molecule has 0 atom stereocenters. The van der Waals surface area contributed by atoms with Crippen molar-refractivity contribution in [3.63, 3.8) is 0 Å². The van der Waals surface area contributed by atoms with Crippen molar-refractivity contribution >= 4 is 11.8 Å². The summed E-state index contributed by atoms with van der Waals surface area (Å²) in [7, 11) is 0. The van der Waals surface area contributed by atoms with E-state index in [-0.39, 0.29) is 0 Å². The Bertz CT molecular complexity index is 745. The van der Waals surface area contributed by atoms with Gasteiger partial charge in [-0.2, -0.15) is 0 Å². The summed E-state index contributed by atoms with van der Waals surface area (Å²) in [6.45, 7) is 0. The molecule has 3 aromatic rings. The van der Waals surface area contributed by atoms with E-state index >= 15 is 0 Å². The van der Waals surface area contributed by atoms with E-state index in [0.29, 0.717) is 0 Å². The van der Waals surface area contributed by atoms with Crippen LogP contribution in [0.25, 0.3) is 22.3 Å². The van der Waals surface area contributed by atoms with Gasteiger partial charge in [0, 0.05) is 15.4 Å². The first kappa shape index (κ1) is 10.9. The Hall–Kier alpha value is -1.99. The van der Waals surface area contributed by atoms with Crippen LogP contribution in [0.1, 0.15) is 0 Å². The molecule has 0 radical (unpaired) electrons. The highest BCUT2D eigenvalue weighted by molar-refractivity contribution is 7.99. The van der Waals surface area contributed by atoms with Gasteiger partial charge in [-0.05, 0) is 34.9 Å². The van der Waals surface area contributed by atoms with E-state index in [0.717, 1.165) is 0 Å². The molecule has 0 spiro atoms. The Kier molecular flexibility index (Phi) is 2.46. The van der Waals surface area contributed by atoms with Crippen molar-refractivity contribution in [1.82, 2.24) is 0 Å². The molecule has 0 saturated carbocycles. The van der Waals surface area contributed by atoms with E-state index in [9.17, 15) is 0 Å². The summed E-state index contributed by atoms with van der Waals surface area (Å²) in [6, 6.07) is 25.8. The Morgan fingerprint density at radius 2 is 1.21 bits per heavy atom. The minimum atomic E-state index is 1.29. The maximum atomic E-state index is 2.22. The van der Waals surface area contributed by atoms with Crippen molar-refractivity contribution in [3.05, 3.63) is 72.8 Å². The van der Waals surface area contributed by atoms with Gasteiger partial charge < -0.3 is 0 Å². The van der Waals surface area contributed by atoms with Crippen LogP contribution in [0.4, 0.5) is 0 Å². The Morgan fingerprint density at radius 3 is 2.05 bits per heavy atom. The fourth-order valence-corrected chi connectivity index (χ4v) is 3.62. The van der Waals surface area contributed by atoms with E-state index in [1.54, 1.807) is 0 Å². The van der Waals surface area contributed by atoms with Gasteiger partial charge >= 0.3 is 0 Å². The number of fused-ring (bicyclic) bond motifs is 4. The van der Waals surface area contributed by atoms with E-state index < -0.39 is 0 Å². The first-order chi connectivity index (χ1) is 9.43. The first-order valence-corrected chi connectivity index (χ1v) is 7.21. The monoisotopic (exact) mass is 260 g/mol. The third-order valence-electron chi connectivity index (χ3n) is 3.48. The second-order valence-electron chi connectivity index (χ2n) is 4.64. The molecule has 0 nitrogen and oxygen atoms in total. The van der Waals surface area contributed by atoms with Crippen LogP contribution in [0, 0.1) is 0 Å². The highest BCUT2D eigenvalue weighted by Gasteiger charge is 2.24. The first-order valence-electron chi connectivity index (χ1n) is 6.39. The normalized spacial score (nSPS) is 11.4. The molecule has 1 aliphatic carbocycles. The fraction of sp³-hybridized carbons (Fsp3) is 0. The van der Waals surface area contributed by atoms with Crippen molar-refractivity contribution < 1.29 is 0 Å². The zero-order valence-electron chi connectivity index (χ0n) is 10.3. The molecule has 0 fully saturated rings. The van der Waals surface area contributed by atoms with Crippen molar-refractivity contribution in [2.24, 2.45) is 0 Å². The topological polar surface area (TPSA) is 0 Å². The summed E-state index contributed by atoms with van der Waals surface area (Å²) in [4.78, 5) is 2.64. The van der Waals surface area contributed by atoms with E-state index in [4.69, 9.17) is 0 Å². The molecule has 0 aromatic heterocycles.